The first-order valence-electron chi connectivity index (χ1n) is 7.59. The number of hydrogen-bond acceptors (Lipinski definition) is 3. The topological polar surface area (TPSA) is 78.4 Å². The molecule has 0 saturated carbocycles. The van der Waals surface area contributed by atoms with E-state index < -0.39 is 6.61 Å². The monoisotopic (exact) mass is 339 g/mol. The number of unbranched alkanes of at least 4 members (excludes halogenated alkanes) is 5. The average Bonchev–Trinajstić information content (AvgIpc) is 2.40. The third kappa shape index (κ3) is 32.8. The predicted octanol–water partition coefficient (Wildman–Crippen LogP) is 1.84. The van der Waals surface area contributed by atoms with E-state index in [1.165, 1.54) is 0 Å². The maximum atomic E-state index is 10.7. The van der Waals surface area contributed by atoms with Gasteiger partial charge in [0.25, 0.3) is 0 Å². The van der Waals surface area contributed by atoms with Gasteiger partial charge in [-0.05, 0) is 18.8 Å². The van der Waals surface area contributed by atoms with Crippen LogP contribution in [0.15, 0.2) is 0 Å². The van der Waals surface area contributed by atoms with Crippen molar-refractivity contribution in [2.75, 3.05) is 19.7 Å². The fourth-order valence-electron chi connectivity index (χ4n) is 1.40. The van der Waals surface area contributed by atoms with Crippen molar-refractivity contribution >= 4 is 12.3 Å². The molecule has 1 radical (unpaired) electrons. The average molecular weight is 339 g/mol. The van der Waals surface area contributed by atoms with Gasteiger partial charge < -0.3 is 15.7 Å². The molecule has 2 amide bonds. The van der Waals surface area contributed by atoms with Crippen molar-refractivity contribution in [1.29, 1.82) is 0 Å². The van der Waals surface area contributed by atoms with E-state index in [0.717, 1.165) is 57.4 Å². The van der Waals surface area contributed by atoms with Gasteiger partial charge in [0, 0.05) is 31.6 Å². The molecule has 0 aromatic rings. The minimum atomic E-state index is -0.427. The molecule has 21 heavy (non-hydrogen) atoms. The van der Waals surface area contributed by atoms with Gasteiger partial charge in [0.2, 0.25) is 12.3 Å². The minimum Gasteiger partial charge on any atom is -0.387 e. The van der Waals surface area contributed by atoms with Crippen molar-refractivity contribution in [3.63, 3.8) is 0 Å². The Morgan fingerprint density at radius 1 is 1.00 bits per heavy atom. The Hall–Kier alpha value is -0.516. The molecule has 5 nitrogen and oxygen atoms in total. The Morgan fingerprint density at radius 2 is 1.43 bits per heavy atom. The molecule has 0 aromatic carbocycles. The van der Waals surface area contributed by atoms with Crippen LogP contribution in [0.4, 0.5) is 0 Å². The number of rotatable bonds is 11. The molecule has 0 aromatic heterocycles. The quantitative estimate of drug-likeness (QED) is 0.397. The zero-order valence-corrected chi connectivity index (χ0v) is 15.1. The molecule has 0 saturated heterocycles. The van der Waals surface area contributed by atoms with E-state index in [0.29, 0.717) is 6.54 Å². The summed E-state index contributed by atoms with van der Waals surface area (Å²) in [7, 11) is 0. The van der Waals surface area contributed by atoms with E-state index in [1.54, 1.807) is 0 Å². The summed E-state index contributed by atoms with van der Waals surface area (Å²) in [6, 6.07) is 0. The molecular weight excluding hydrogens is 307 g/mol. The van der Waals surface area contributed by atoms with Crippen LogP contribution in [0.3, 0.4) is 0 Å². The van der Waals surface area contributed by atoms with Gasteiger partial charge in [-0.2, -0.15) is 0 Å². The Bertz CT molecular complexity index is 224. The molecule has 0 fully saturated rings. The fourth-order valence-corrected chi connectivity index (χ4v) is 1.40. The first-order chi connectivity index (χ1) is 9.54. The summed E-state index contributed by atoms with van der Waals surface area (Å²) in [5, 5.41) is 13.7. The standard InChI is InChI=1S/C11H22N2O3.C4H10.V/c14-9-11(16)13-8-6-4-2-1-3-5-7-12-10-15;1-4(2)3;/h10,14H,1-9H2,(H,12,15)(H,13,16);4H,1-3H3;. The first kappa shape index (κ1) is 25.4. The minimum absolute atomic E-state index is 0. The van der Waals surface area contributed by atoms with E-state index in [2.05, 4.69) is 31.4 Å². The van der Waals surface area contributed by atoms with Crippen LogP contribution in [-0.4, -0.2) is 37.1 Å². The first-order valence-corrected chi connectivity index (χ1v) is 7.59. The number of amides is 2. The van der Waals surface area contributed by atoms with Gasteiger partial charge in [0.05, 0.1) is 0 Å². The summed E-state index contributed by atoms with van der Waals surface area (Å²) in [6.45, 7) is 7.48. The smallest absolute Gasteiger partial charge is 0.245 e. The van der Waals surface area contributed by atoms with Crippen LogP contribution in [0, 0.1) is 5.92 Å². The van der Waals surface area contributed by atoms with Crippen molar-refractivity contribution in [3.8, 4) is 0 Å². The van der Waals surface area contributed by atoms with E-state index in [9.17, 15) is 9.59 Å². The summed E-state index contributed by atoms with van der Waals surface area (Å²) in [6.07, 6.45) is 7.24. The van der Waals surface area contributed by atoms with E-state index in [-0.39, 0.29) is 24.5 Å². The SMILES string of the molecule is CC(C)C.O=CNCCCCCCCCNC(=O)CO.[V]. The Labute approximate surface area is 141 Å². The van der Waals surface area contributed by atoms with Crippen LogP contribution in [0.5, 0.6) is 0 Å². The molecule has 125 valence electrons. The molecule has 6 heteroatoms. The second-order valence-electron chi connectivity index (χ2n) is 5.43. The van der Waals surface area contributed by atoms with Crippen LogP contribution in [0.1, 0.15) is 59.3 Å². The van der Waals surface area contributed by atoms with Gasteiger partial charge >= 0.3 is 0 Å². The Balaban J connectivity index is -0.000000572. The van der Waals surface area contributed by atoms with E-state index >= 15 is 0 Å². The molecule has 0 aliphatic heterocycles. The summed E-state index contributed by atoms with van der Waals surface area (Å²) in [5.41, 5.74) is 0. The van der Waals surface area contributed by atoms with Gasteiger partial charge in [-0.1, -0.05) is 46.5 Å². The summed E-state index contributed by atoms with van der Waals surface area (Å²) in [4.78, 5) is 20.6. The van der Waals surface area contributed by atoms with Crippen LogP contribution >= 0.6 is 0 Å². The molecule has 0 bridgehead atoms. The number of hydrogen-bond donors (Lipinski definition) is 3. The zero-order valence-electron chi connectivity index (χ0n) is 13.7. The molecule has 3 N–H and O–H groups in total. The third-order valence-electron chi connectivity index (χ3n) is 2.30. The number of aliphatic hydroxyl groups is 1. The van der Waals surface area contributed by atoms with Crippen molar-refractivity contribution in [2.24, 2.45) is 5.92 Å². The summed E-state index contributed by atoms with van der Waals surface area (Å²) in [5.74, 6) is 0.528. The number of aliphatic hydroxyl groups excluding tert-OH is 1. The van der Waals surface area contributed by atoms with E-state index in [1.807, 2.05) is 0 Å². The molecule has 0 atom stereocenters. The molecule has 0 rings (SSSR count). The van der Waals surface area contributed by atoms with Gasteiger partial charge in [-0.15, -0.1) is 0 Å². The van der Waals surface area contributed by atoms with E-state index in [4.69, 9.17) is 5.11 Å². The Kier molecular flexibility index (Phi) is 26.4. The molecular formula is C15H32N2O3V. The summed E-state index contributed by atoms with van der Waals surface area (Å²) >= 11 is 0. The Morgan fingerprint density at radius 3 is 1.86 bits per heavy atom. The van der Waals surface area contributed by atoms with Gasteiger partial charge in [0.1, 0.15) is 6.61 Å². The zero-order chi connectivity index (χ0) is 15.6. The number of nitrogens with one attached hydrogen (secondary N) is 2. The molecule has 0 aliphatic rings. The van der Waals surface area contributed by atoms with Crippen molar-refractivity contribution in [1.82, 2.24) is 10.6 Å². The van der Waals surface area contributed by atoms with Crippen molar-refractivity contribution in [2.45, 2.75) is 59.3 Å². The van der Waals surface area contributed by atoms with Gasteiger partial charge in [0.15, 0.2) is 0 Å². The largest absolute Gasteiger partial charge is 0.387 e. The number of carbonyl (C=O) groups excluding carboxylic acids is 2. The molecule has 0 spiro atoms. The van der Waals surface area contributed by atoms with Crippen molar-refractivity contribution < 1.29 is 33.3 Å². The fraction of sp³-hybridized carbons (Fsp3) is 0.867. The van der Waals surface area contributed by atoms with Crippen LogP contribution in [0.25, 0.3) is 0 Å². The third-order valence-corrected chi connectivity index (χ3v) is 2.30. The van der Waals surface area contributed by atoms with Crippen LogP contribution in [-0.2, 0) is 28.1 Å². The van der Waals surface area contributed by atoms with Gasteiger partial charge in [-0.3, -0.25) is 9.59 Å². The second-order valence-corrected chi connectivity index (χ2v) is 5.43. The second kappa shape index (κ2) is 21.8. The van der Waals surface area contributed by atoms with Crippen LogP contribution < -0.4 is 10.6 Å². The molecule has 0 unspecified atom stereocenters. The summed E-state index contributed by atoms with van der Waals surface area (Å²) < 4.78 is 0. The maximum Gasteiger partial charge on any atom is 0.245 e. The molecule has 0 aliphatic carbocycles. The van der Waals surface area contributed by atoms with Crippen LogP contribution in [0.2, 0.25) is 0 Å². The molecule has 0 heterocycles. The van der Waals surface area contributed by atoms with Crippen molar-refractivity contribution in [3.05, 3.63) is 0 Å². The predicted molar refractivity (Wildman–Crippen MR) is 82.4 cm³/mol. The van der Waals surface area contributed by atoms with Gasteiger partial charge in [-0.25, -0.2) is 0 Å². The normalized spacial score (nSPS) is 9.19. The number of carbonyl (C=O) groups is 2. The maximum absolute atomic E-state index is 10.7.